The standard InChI is InChI=1S/C14H21FN2O2/c1-3-14(2,8-9-18)17-13(19)16-10-11-4-6-12(15)7-5-11/h4-7,18H,3,8-10H2,1-2H3,(H2,16,17,19). The van der Waals surface area contributed by atoms with Crippen molar-refractivity contribution in [1.29, 1.82) is 0 Å². The molecule has 1 aromatic rings. The molecule has 0 aliphatic heterocycles. The number of amides is 2. The second-order valence-electron chi connectivity index (χ2n) is 4.82. The van der Waals surface area contributed by atoms with Gasteiger partial charge in [-0.2, -0.15) is 0 Å². The number of hydrogen-bond acceptors (Lipinski definition) is 2. The number of nitrogens with one attached hydrogen (secondary N) is 2. The number of aliphatic hydroxyl groups excluding tert-OH is 1. The Kier molecular flexibility index (Phi) is 5.76. The van der Waals surface area contributed by atoms with Gasteiger partial charge in [0.1, 0.15) is 5.82 Å². The van der Waals surface area contributed by atoms with Gasteiger partial charge < -0.3 is 15.7 Å². The minimum atomic E-state index is -0.415. The second-order valence-corrected chi connectivity index (χ2v) is 4.82. The van der Waals surface area contributed by atoms with E-state index in [1.165, 1.54) is 12.1 Å². The van der Waals surface area contributed by atoms with Crippen LogP contribution >= 0.6 is 0 Å². The van der Waals surface area contributed by atoms with Crippen LogP contribution in [-0.2, 0) is 6.54 Å². The predicted molar refractivity (Wildman–Crippen MR) is 72.2 cm³/mol. The van der Waals surface area contributed by atoms with Gasteiger partial charge in [-0.25, -0.2) is 9.18 Å². The molecule has 106 valence electrons. The Bertz CT molecular complexity index is 408. The van der Waals surface area contributed by atoms with Crippen LogP contribution in [0.1, 0.15) is 32.3 Å². The fraction of sp³-hybridized carbons (Fsp3) is 0.500. The average Bonchev–Trinajstić information content (AvgIpc) is 2.38. The van der Waals surface area contributed by atoms with Gasteiger partial charge in [0.15, 0.2) is 0 Å². The van der Waals surface area contributed by atoms with E-state index in [4.69, 9.17) is 5.11 Å². The topological polar surface area (TPSA) is 61.4 Å². The third-order valence-corrected chi connectivity index (χ3v) is 3.23. The van der Waals surface area contributed by atoms with Gasteiger partial charge in [-0.3, -0.25) is 0 Å². The normalized spacial score (nSPS) is 13.7. The average molecular weight is 268 g/mol. The predicted octanol–water partition coefficient (Wildman–Crippen LogP) is 2.18. The molecule has 0 saturated heterocycles. The van der Waals surface area contributed by atoms with Crippen molar-refractivity contribution in [3.05, 3.63) is 35.6 Å². The monoisotopic (exact) mass is 268 g/mol. The van der Waals surface area contributed by atoms with E-state index in [0.29, 0.717) is 13.0 Å². The zero-order valence-corrected chi connectivity index (χ0v) is 11.4. The summed E-state index contributed by atoms with van der Waals surface area (Å²) < 4.78 is 12.7. The fourth-order valence-electron chi connectivity index (χ4n) is 1.68. The molecule has 0 fully saturated rings. The molecule has 1 unspecified atom stereocenters. The first-order chi connectivity index (χ1) is 8.99. The smallest absolute Gasteiger partial charge is 0.315 e. The van der Waals surface area contributed by atoms with Gasteiger partial charge in [0.25, 0.3) is 0 Å². The summed E-state index contributed by atoms with van der Waals surface area (Å²) in [7, 11) is 0. The van der Waals surface area contributed by atoms with Crippen molar-refractivity contribution >= 4 is 6.03 Å². The molecule has 0 aliphatic rings. The second kappa shape index (κ2) is 7.09. The molecular formula is C14H21FN2O2. The van der Waals surface area contributed by atoms with E-state index in [2.05, 4.69) is 10.6 Å². The highest BCUT2D eigenvalue weighted by Crippen LogP contribution is 2.13. The Morgan fingerprint density at radius 1 is 1.37 bits per heavy atom. The molecule has 1 aromatic carbocycles. The minimum absolute atomic E-state index is 0.0303. The SMILES string of the molecule is CCC(C)(CCO)NC(=O)NCc1ccc(F)cc1. The quantitative estimate of drug-likeness (QED) is 0.740. The van der Waals surface area contributed by atoms with Gasteiger partial charge >= 0.3 is 6.03 Å². The highest BCUT2D eigenvalue weighted by molar-refractivity contribution is 5.74. The van der Waals surface area contributed by atoms with Gasteiger partial charge in [-0.1, -0.05) is 19.1 Å². The summed E-state index contributed by atoms with van der Waals surface area (Å²) in [5, 5.41) is 14.5. The molecule has 1 atom stereocenters. The molecule has 0 saturated carbocycles. The van der Waals surface area contributed by atoms with E-state index in [0.717, 1.165) is 12.0 Å². The van der Waals surface area contributed by atoms with Crippen LogP contribution < -0.4 is 10.6 Å². The van der Waals surface area contributed by atoms with E-state index in [-0.39, 0.29) is 18.5 Å². The van der Waals surface area contributed by atoms with Crippen molar-refractivity contribution in [3.8, 4) is 0 Å². The Morgan fingerprint density at radius 2 is 2.00 bits per heavy atom. The number of carbonyl (C=O) groups excluding carboxylic acids is 1. The summed E-state index contributed by atoms with van der Waals surface area (Å²) in [4.78, 5) is 11.8. The van der Waals surface area contributed by atoms with E-state index in [1.54, 1.807) is 12.1 Å². The lowest BCUT2D eigenvalue weighted by Crippen LogP contribution is -2.50. The summed E-state index contributed by atoms with van der Waals surface area (Å²) in [5.74, 6) is -0.297. The fourth-order valence-corrected chi connectivity index (χ4v) is 1.68. The maximum atomic E-state index is 12.7. The number of benzene rings is 1. The molecule has 1 rings (SSSR count). The third-order valence-electron chi connectivity index (χ3n) is 3.23. The van der Waals surface area contributed by atoms with E-state index in [9.17, 15) is 9.18 Å². The first-order valence-corrected chi connectivity index (χ1v) is 6.40. The van der Waals surface area contributed by atoms with Crippen molar-refractivity contribution in [1.82, 2.24) is 10.6 Å². The molecule has 0 heterocycles. The van der Waals surface area contributed by atoms with E-state index < -0.39 is 5.54 Å². The lowest BCUT2D eigenvalue weighted by Gasteiger charge is -2.29. The van der Waals surface area contributed by atoms with Gasteiger partial charge in [0.2, 0.25) is 0 Å². The van der Waals surface area contributed by atoms with Crippen molar-refractivity contribution in [2.24, 2.45) is 0 Å². The molecule has 5 heteroatoms. The summed E-state index contributed by atoms with van der Waals surface area (Å²) >= 11 is 0. The molecule has 0 spiro atoms. The summed E-state index contributed by atoms with van der Waals surface area (Å²) in [6.45, 7) is 4.21. The zero-order chi connectivity index (χ0) is 14.3. The van der Waals surface area contributed by atoms with E-state index in [1.807, 2.05) is 13.8 Å². The van der Waals surface area contributed by atoms with Crippen LogP contribution in [0.25, 0.3) is 0 Å². The number of aliphatic hydroxyl groups is 1. The van der Waals surface area contributed by atoms with Crippen LogP contribution in [0, 0.1) is 5.82 Å². The molecule has 19 heavy (non-hydrogen) atoms. The van der Waals surface area contributed by atoms with Gasteiger partial charge in [-0.15, -0.1) is 0 Å². The van der Waals surface area contributed by atoms with Crippen molar-refractivity contribution < 1.29 is 14.3 Å². The maximum absolute atomic E-state index is 12.7. The molecule has 0 radical (unpaired) electrons. The Hall–Kier alpha value is -1.62. The summed E-state index contributed by atoms with van der Waals surface area (Å²) in [6, 6.07) is 5.68. The Morgan fingerprint density at radius 3 is 2.53 bits per heavy atom. The lowest BCUT2D eigenvalue weighted by molar-refractivity contribution is 0.200. The van der Waals surface area contributed by atoms with Crippen LogP contribution in [0.5, 0.6) is 0 Å². The van der Waals surface area contributed by atoms with Crippen LogP contribution in [0.4, 0.5) is 9.18 Å². The maximum Gasteiger partial charge on any atom is 0.315 e. The zero-order valence-electron chi connectivity index (χ0n) is 11.4. The van der Waals surface area contributed by atoms with Crippen LogP contribution in [-0.4, -0.2) is 23.3 Å². The summed E-state index contributed by atoms with van der Waals surface area (Å²) in [5.41, 5.74) is 0.415. The third kappa shape index (κ3) is 5.26. The number of halogens is 1. The van der Waals surface area contributed by atoms with Crippen LogP contribution in [0.2, 0.25) is 0 Å². The Labute approximate surface area is 113 Å². The van der Waals surface area contributed by atoms with Crippen LogP contribution in [0.3, 0.4) is 0 Å². The highest BCUT2D eigenvalue weighted by Gasteiger charge is 2.23. The Balaban J connectivity index is 2.45. The van der Waals surface area contributed by atoms with Crippen molar-refractivity contribution in [2.45, 2.75) is 38.8 Å². The number of hydrogen-bond donors (Lipinski definition) is 3. The molecule has 4 nitrogen and oxygen atoms in total. The van der Waals surface area contributed by atoms with E-state index >= 15 is 0 Å². The first-order valence-electron chi connectivity index (χ1n) is 6.40. The molecule has 0 aliphatic carbocycles. The van der Waals surface area contributed by atoms with Gasteiger partial charge in [0.05, 0.1) is 0 Å². The van der Waals surface area contributed by atoms with Gasteiger partial charge in [0, 0.05) is 18.7 Å². The van der Waals surface area contributed by atoms with Gasteiger partial charge in [-0.05, 0) is 37.5 Å². The minimum Gasteiger partial charge on any atom is -0.396 e. The molecule has 2 amide bonds. The summed E-state index contributed by atoms with van der Waals surface area (Å²) in [6.07, 6.45) is 1.24. The molecule has 3 N–H and O–H groups in total. The number of carbonyl (C=O) groups is 1. The largest absolute Gasteiger partial charge is 0.396 e. The number of urea groups is 1. The first kappa shape index (κ1) is 15.4. The van der Waals surface area contributed by atoms with Crippen molar-refractivity contribution in [3.63, 3.8) is 0 Å². The van der Waals surface area contributed by atoms with Crippen molar-refractivity contribution in [2.75, 3.05) is 6.61 Å². The number of rotatable bonds is 6. The van der Waals surface area contributed by atoms with Crippen LogP contribution in [0.15, 0.2) is 24.3 Å². The molecule has 0 aromatic heterocycles. The highest BCUT2D eigenvalue weighted by atomic mass is 19.1. The molecule has 0 bridgehead atoms. The lowest BCUT2D eigenvalue weighted by atomic mass is 9.95. The molecular weight excluding hydrogens is 247 g/mol.